The van der Waals surface area contributed by atoms with Crippen molar-refractivity contribution < 1.29 is 19.1 Å². The number of methoxy groups -OCH3 is 1. The monoisotopic (exact) mass is 342 g/mol. The van der Waals surface area contributed by atoms with Gasteiger partial charge < -0.3 is 20.1 Å². The van der Waals surface area contributed by atoms with Gasteiger partial charge in [-0.25, -0.2) is 0 Å². The molecule has 0 atom stereocenters. The van der Waals surface area contributed by atoms with Crippen molar-refractivity contribution in [2.75, 3.05) is 32.2 Å². The van der Waals surface area contributed by atoms with Gasteiger partial charge in [-0.05, 0) is 36.8 Å². The maximum absolute atomic E-state index is 12.0. The Morgan fingerprint density at radius 2 is 1.88 bits per heavy atom. The fraction of sp³-hybridized carbons (Fsp3) is 0.263. The van der Waals surface area contributed by atoms with E-state index in [1.54, 1.807) is 31.4 Å². The molecule has 0 saturated heterocycles. The Labute approximate surface area is 147 Å². The van der Waals surface area contributed by atoms with E-state index in [1.165, 1.54) is 0 Å². The molecule has 6 heteroatoms. The van der Waals surface area contributed by atoms with Crippen LogP contribution in [-0.2, 0) is 9.53 Å². The van der Waals surface area contributed by atoms with E-state index in [1.807, 2.05) is 31.2 Å². The summed E-state index contributed by atoms with van der Waals surface area (Å²) in [5.41, 5.74) is 1.97. The molecule has 0 spiro atoms. The number of hydrogen-bond acceptors (Lipinski definition) is 4. The zero-order valence-electron chi connectivity index (χ0n) is 14.4. The van der Waals surface area contributed by atoms with E-state index in [0.29, 0.717) is 30.2 Å². The Balaban J connectivity index is 1.89. The lowest BCUT2D eigenvalue weighted by atomic mass is 10.2. The minimum absolute atomic E-state index is 0.102. The Bertz CT molecular complexity index is 731. The van der Waals surface area contributed by atoms with Gasteiger partial charge in [-0.15, -0.1) is 0 Å². The van der Waals surface area contributed by atoms with Gasteiger partial charge in [-0.3, -0.25) is 9.59 Å². The fourth-order valence-electron chi connectivity index (χ4n) is 2.17. The molecule has 2 amide bonds. The number of ether oxygens (including phenoxy) is 2. The Morgan fingerprint density at radius 3 is 2.64 bits per heavy atom. The summed E-state index contributed by atoms with van der Waals surface area (Å²) >= 11 is 0. The molecule has 0 saturated carbocycles. The number of para-hydroxylation sites is 1. The van der Waals surface area contributed by atoms with E-state index in [4.69, 9.17) is 9.47 Å². The molecule has 0 heterocycles. The summed E-state index contributed by atoms with van der Waals surface area (Å²) in [6.45, 7) is 2.68. The smallest absolute Gasteiger partial charge is 0.262 e. The van der Waals surface area contributed by atoms with E-state index in [9.17, 15) is 9.59 Å². The van der Waals surface area contributed by atoms with Crippen LogP contribution in [0.1, 0.15) is 15.9 Å². The predicted octanol–water partition coefficient (Wildman–Crippen LogP) is 2.39. The van der Waals surface area contributed by atoms with Crippen molar-refractivity contribution in [3.8, 4) is 5.75 Å². The molecule has 0 unspecified atom stereocenters. The van der Waals surface area contributed by atoms with Gasteiger partial charge in [-0.2, -0.15) is 0 Å². The summed E-state index contributed by atoms with van der Waals surface area (Å²) in [7, 11) is 1.57. The zero-order valence-corrected chi connectivity index (χ0v) is 14.4. The van der Waals surface area contributed by atoms with Gasteiger partial charge in [0.05, 0.1) is 6.61 Å². The van der Waals surface area contributed by atoms with Crippen molar-refractivity contribution >= 4 is 17.5 Å². The van der Waals surface area contributed by atoms with Crippen molar-refractivity contribution in [3.63, 3.8) is 0 Å². The molecule has 0 aliphatic rings. The lowest BCUT2D eigenvalue weighted by Gasteiger charge is -2.10. The average Bonchev–Trinajstić information content (AvgIpc) is 2.61. The van der Waals surface area contributed by atoms with Gasteiger partial charge in [0.15, 0.2) is 6.61 Å². The standard InChI is InChI=1S/C19H22N2O4/c1-14-6-3-4-9-17(14)25-13-18(22)21-16-8-5-7-15(12-16)19(23)20-10-11-24-2/h3-9,12H,10-11,13H2,1-2H3,(H,20,23)(H,21,22). The number of benzene rings is 2. The molecule has 2 N–H and O–H groups in total. The van der Waals surface area contributed by atoms with Crippen LogP contribution >= 0.6 is 0 Å². The lowest BCUT2D eigenvalue weighted by molar-refractivity contribution is -0.118. The molecular formula is C19H22N2O4. The van der Waals surface area contributed by atoms with E-state index in [0.717, 1.165) is 5.56 Å². The van der Waals surface area contributed by atoms with Crippen molar-refractivity contribution in [1.82, 2.24) is 5.32 Å². The van der Waals surface area contributed by atoms with Gasteiger partial charge in [-0.1, -0.05) is 24.3 Å². The first-order valence-corrected chi connectivity index (χ1v) is 7.95. The lowest BCUT2D eigenvalue weighted by Crippen LogP contribution is -2.27. The molecule has 25 heavy (non-hydrogen) atoms. The molecule has 0 radical (unpaired) electrons. The number of hydrogen-bond donors (Lipinski definition) is 2. The SMILES string of the molecule is COCCNC(=O)c1cccc(NC(=O)COc2ccccc2C)c1. The van der Waals surface area contributed by atoms with Crippen LogP contribution in [-0.4, -0.2) is 38.7 Å². The quantitative estimate of drug-likeness (QED) is 0.722. The molecule has 2 rings (SSSR count). The van der Waals surface area contributed by atoms with Crippen LogP contribution in [0.2, 0.25) is 0 Å². The van der Waals surface area contributed by atoms with Gasteiger partial charge in [0.2, 0.25) is 0 Å². The van der Waals surface area contributed by atoms with Crippen molar-refractivity contribution in [3.05, 3.63) is 59.7 Å². The molecule has 2 aromatic carbocycles. The predicted molar refractivity (Wildman–Crippen MR) is 96.0 cm³/mol. The largest absolute Gasteiger partial charge is 0.483 e. The number of carbonyl (C=O) groups excluding carboxylic acids is 2. The van der Waals surface area contributed by atoms with Crippen LogP contribution in [0.4, 0.5) is 5.69 Å². The number of aryl methyl sites for hydroxylation is 1. The first-order valence-electron chi connectivity index (χ1n) is 7.95. The van der Waals surface area contributed by atoms with E-state index in [-0.39, 0.29) is 18.4 Å². The Kier molecular flexibility index (Phi) is 6.98. The molecule has 0 bridgehead atoms. The molecule has 0 aliphatic heterocycles. The third-order valence-electron chi connectivity index (χ3n) is 3.45. The highest BCUT2D eigenvalue weighted by Gasteiger charge is 2.08. The third kappa shape index (κ3) is 5.93. The molecular weight excluding hydrogens is 320 g/mol. The zero-order chi connectivity index (χ0) is 18.1. The Morgan fingerprint density at radius 1 is 1.08 bits per heavy atom. The number of anilines is 1. The number of rotatable bonds is 8. The van der Waals surface area contributed by atoms with Crippen LogP contribution in [0, 0.1) is 6.92 Å². The number of amides is 2. The molecule has 0 aromatic heterocycles. The Hall–Kier alpha value is -2.86. The maximum Gasteiger partial charge on any atom is 0.262 e. The first kappa shape index (κ1) is 18.5. The summed E-state index contributed by atoms with van der Waals surface area (Å²) in [6.07, 6.45) is 0. The summed E-state index contributed by atoms with van der Waals surface area (Å²) < 4.78 is 10.4. The van der Waals surface area contributed by atoms with Crippen LogP contribution in [0.25, 0.3) is 0 Å². The van der Waals surface area contributed by atoms with Crippen molar-refractivity contribution in [2.45, 2.75) is 6.92 Å². The van der Waals surface area contributed by atoms with Gasteiger partial charge in [0.1, 0.15) is 5.75 Å². The maximum atomic E-state index is 12.0. The van der Waals surface area contributed by atoms with Crippen molar-refractivity contribution in [2.24, 2.45) is 0 Å². The van der Waals surface area contributed by atoms with Gasteiger partial charge in [0.25, 0.3) is 11.8 Å². The van der Waals surface area contributed by atoms with Crippen LogP contribution < -0.4 is 15.4 Å². The van der Waals surface area contributed by atoms with Gasteiger partial charge in [0, 0.05) is 24.9 Å². The average molecular weight is 342 g/mol. The van der Waals surface area contributed by atoms with Crippen LogP contribution in [0.5, 0.6) is 5.75 Å². The highest BCUT2D eigenvalue weighted by molar-refractivity contribution is 5.97. The minimum Gasteiger partial charge on any atom is -0.483 e. The minimum atomic E-state index is -0.291. The fourth-order valence-corrected chi connectivity index (χ4v) is 2.17. The topological polar surface area (TPSA) is 76.7 Å². The second-order valence-corrected chi connectivity index (χ2v) is 5.43. The summed E-state index contributed by atoms with van der Waals surface area (Å²) in [4.78, 5) is 24.0. The second kappa shape index (κ2) is 9.44. The molecule has 0 aliphatic carbocycles. The second-order valence-electron chi connectivity index (χ2n) is 5.43. The molecule has 0 fully saturated rings. The molecule has 132 valence electrons. The summed E-state index contributed by atoms with van der Waals surface area (Å²) in [6, 6.07) is 14.2. The van der Waals surface area contributed by atoms with E-state index >= 15 is 0 Å². The van der Waals surface area contributed by atoms with E-state index in [2.05, 4.69) is 10.6 Å². The van der Waals surface area contributed by atoms with Crippen LogP contribution in [0.15, 0.2) is 48.5 Å². The summed E-state index contributed by atoms with van der Waals surface area (Å²) in [5.74, 6) is 0.161. The van der Waals surface area contributed by atoms with E-state index < -0.39 is 0 Å². The molecule has 2 aromatic rings. The van der Waals surface area contributed by atoms with Crippen molar-refractivity contribution in [1.29, 1.82) is 0 Å². The van der Waals surface area contributed by atoms with Crippen LogP contribution in [0.3, 0.4) is 0 Å². The first-order chi connectivity index (χ1) is 12.1. The summed E-state index contributed by atoms with van der Waals surface area (Å²) in [5, 5.41) is 5.46. The number of nitrogens with one attached hydrogen (secondary N) is 2. The number of carbonyl (C=O) groups is 2. The molecule has 6 nitrogen and oxygen atoms in total. The third-order valence-corrected chi connectivity index (χ3v) is 3.45. The normalized spacial score (nSPS) is 10.2. The highest BCUT2D eigenvalue weighted by Crippen LogP contribution is 2.16. The highest BCUT2D eigenvalue weighted by atomic mass is 16.5. The van der Waals surface area contributed by atoms with Gasteiger partial charge >= 0.3 is 0 Å².